The second kappa shape index (κ2) is 8.31. The number of primary amides is 1. The molecule has 1 fully saturated rings. The highest BCUT2D eigenvalue weighted by Gasteiger charge is 2.27. The van der Waals surface area contributed by atoms with E-state index in [-0.39, 0.29) is 6.04 Å². The Kier molecular flexibility index (Phi) is 5.42. The van der Waals surface area contributed by atoms with Gasteiger partial charge in [0.25, 0.3) is 5.91 Å². The minimum absolute atomic E-state index is 0.242. The van der Waals surface area contributed by atoms with Crippen molar-refractivity contribution in [3.8, 4) is 11.1 Å². The third-order valence-electron chi connectivity index (χ3n) is 5.31. The second-order valence-electron chi connectivity index (χ2n) is 7.31. The molecule has 0 spiro atoms. The molecule has 0 aliphatic carbocycles. The van der Waals surface area contributed by atoms with Gasteiger partial charge in [0.2, 0.25) is 0 Å². The Bertz CT molecular complexity index is 988. The highest BCUT2D eigenvalue weighted by atomic mass is 16.1. The lowest BCUT2D eigenvalue weighted by atomic mass is 10.1. The van der Waals surface area contributed by atoms with Crippen LogP contribution in [-0.4, -0.2) is 35.0 Å². The molecule has 29 heavy (non-hydrogen) atoms. The van der Waals surface area contributed by atoms with Crippen LogP contribution in [-0.2, 0) is 6.42 Å². The topological polar surface area (TPSA) is 84.1 Å². The van der Waals surface area contributed by atoms with Crippen molar-refractivity contribution in [1.29, 1.82) is 0 Å². The molecule has 6 nitrogen and oxygen atoms in total. The Morgan fingerprint density at radius 2 is 1.97 bits per heavy atom. The van der Waals surface area contributed by atoms with Crippen LogP contribution in [0.1, 0.15) is 29.3 Å². The minimum Gasteiger partial charge on any atom is -0.365 e. The number of benzene rings is 1. The molecule has 148 valence electrons. The van der Waals surface area contributed by atoms with Gasteiger partial charge in [-0.2, -0.15) is 0 Å². The molecule has 0 saturated carbocycles. The number of anilines is 2. The van der Waals surface area contributed by atoms with Gasteiger partial charge < -0.3 is 16.0 Å². The molecular formula is C23H25N5O. The molecule has 1 unspecified atom stereocenters. The van der Waals surface area contributed by atoms with E-state index in [9.17, 15) is 4.79 Å². The summed E-state index contributed by atoms with van der Waals surface area (Å²) in [5.41, 5.74) is 9.26. The SMILES string of the molecule is CCc1ccc(NC2CCN(c3ncc(-c4ccccc4)cc3C(N)=O)C2)nc1. The fourth-order valence-corrected chi connectivity index (χ4v) is 3.68. The largest absolute Gasteiger partial charge is 0.365 e. The first-order chi connectivity index (χ1) is 14.1. The number of rotatable bonds is 6. The monoisotopic (exact) mass is 387 g/mol. The van der Waals surface area contributed by atoms with Crippen molar-refractivity contribution in [3.63, 3.8) is 0 Å². The summed E-state index contributed by atoms with van der Waals surface area (Å²) in [4.78, 5) is 23.3. The van der Waals surface area contributed by atoms with E-state index in [1.165, 1.54) is 5.56 Å². The number of hydrogen-bond acceptors (Lipinski definition) is 5. The van der Waals surface area contributed by atoms with Crippen LogP contribution in [0.25, 0.3) is 11.1 Å². The minimum atomic E-state index is -0.460. The van der Waals surface area contributed by atoms with Gasteiger partial charge >= 0.3 is 0 Å². The van der Waals surface area contributed by atoms with Crippen molar-refractivity contribution < 1.29 is 4.79 Å². The van der Waals surface area contributed by atoms with Gasteiger partial charge in [-0.1, -0.05) is 43.3 Å². The van der Waals surface area contributed by atoms with Gasteiger partial charge in [-0.3, -0.25) is 4.79 Å². The summed E-state index contributed by atoms with van der Waals surface area (Å²) in [7, 11) is 0. The normalized spacial score (nSPS) is 16.0. The fraction of sp³-hybridized carbons (Fsp3) is 0.261. The number of aromatic nitrogens is 2. The Morgan fingerprint density at radius 3 is 2.66 bits per heavy atom. The van der Waals surface area contributed by atoms with E-state index in [2.05, 4.69) is 33.2 Å². The predicted molar refractivity (Wildman–Crippen MR) is 116 cm³/mol. The van der Waals surface area contributed by atoms with E-state index in [0.717, 1.165) is 42.9 Å². The van der Waals surface area contributed by atoms with Crippen molar-refractivity contribution in [1.82, 2.24) is 9.97 Å². The summed E-state index contributed by atoms with van der Waals surface area (Å²) < 4.78 is 0. The van der Waals surface area contributed by atoms with Crippen LogP contribution in [0.3, 0.4) is 0 Å². The molecule has 1 aromatic carbocycles. The van der Waals surface area contributed by atoms with Crippen molar-refractivity contribution in [3.05, 3.63) is 72.1 Å². The number of pyridine rings is 2. The summed E-state index contributed by atoms with van der Waals surface area (Å²) in [5, 5.41) is 3.48. The van der Waals surface area contributed by atoms with Gasteiger partial charge in [0.15, 0.2) is 0 Å². The maximum Gasteiger partial charge on any atom is 0.252 e. The molecule has 0 bridgehead atoms. The average Bonchev–Trinajstić information content (AvgIpc) is 3.22. The van der Waals surface area contributed by atoms with Crippen LogP contribution in [0.4, 0.5) is 11.6 Å². The first-order valence-electron chi connectivity index (χ1n) is 9.95. The lowest BCUT2D eigenvalue weighted by molar-refractivity contribution is 0.100. The average molecular weight is 387 g/mol. The van der Waals surface area contributed by atoms with Crippen LogP contribution < -0.4 is 16.0 Å². The molecule has 1 aliphatic heterocycles. The van der Waals surface area contributed by atoms with Crippen molar-refractivity contribution in [2.45, 2.75) is 25.8 Å². The van der Waals surface area contributed by atoms with Crippen molar-refractivity contribution >= 4 is 17.5 Å². The number of aryl methyl sites for hydroxylation is 1. The van der Waals surface area contributed by atoms with Gasteiger partial charge in [-0.15, -0.1) is 0 Å². The molecule has 1 aliphatic rings. The lowest BCUT2D eigenvalue weighted by Crippen LogP contribution is -2.29. The highest BCUT2D eigenvalue weighted by molar-refractivity contribution is 5.99. The molecular weight excluding hydrogens is 362 g/mol. The maximum atomic E-state index is 12.1. The summed E-state index contributed by atoms with van der Waals surface area (Å²) >= 11 is 0. The van der Waals surface area contributed by atoms with Gasteiger partial charge in [-0.25, -0.2) is 9.97 Å². The molecule has 2 aromatic heterocycles. The first-order valence-corrected chi connectivity index (χ1v) is 9.95. The Morgan fingerprint density at radius 1 is 1.14 bits per heavy atom. The van der Waals surface area contributed by atoms with Crippen molar-refractivity contribution in [2.75, 3.05) is 23.3 Å². The standard InChI is InChI=1S/C23H25N5O/c1-2-16-8-9-21(25-13-16)27-19-10-11-28(15-19)23-20(22(24)29)12-18(14-26-23)17-6-4-3-5-7-17/h3-9,12-14,19H,2,10-11,15H2,1H3,(H2,24,29)(H,25,27). The third kappa shape index (κ3) is 4.21. The molecule has 3 N–H and O–H groups in total. The van der Waals surface area contributed by atoms with Gasteiger partial charge in [0.05, 0.1) is 5.56 Å². The molecule has 1 amide bonds. The summed E-state index contributed by atoms with van der Waals surface area (Å²) in [6.45, 7) is 3.67. The molecule has 0 radical (unpaired) electrons. The molecule has 3 heterocycles. The van der Waals surface area contributed by atoms with Crippen LogP contribution in [0, 0.1) is 0 Å². The van der Waals surface area contributed by atoms with E-state index in [1.807, 2.05) is 54.9 Å². The zero-order valence-corrected chi connectivity index (χ0v) is 16.5. The number of carbonyl (C=O) groups excluding carboxylic acids is 1. The Balaban J connectivity index is 1.51. The van der Waals surface area contributed by atoms with Crippen LogP contribution in [0.5, 0.6) is 0 Å². The quantitative estimate of drug-likeness (QED) is 0.676. The van der Waals surface area contributed by atoms with Crippen LogP contribution in [0.2, 0.25) is 0 Å². The van der Waals surface area contributed by atoms with E-state index >= 15 is 0 Å². The van der Waals surface area contributed by atoms with Gasteiger partial charge in [0, 0.05) is 37.1 Å². The number of nitrogens with two attached hydrogens (primary N) is 1. The lowest BCUT2D eigenvalue weighted by Gasteiger charge is -2.21. The number of nitrogens with one attached hydrogen (secondary N) is 1. The molecule has 1 atom stereocenters. The van der Waals surface area contributed by atoms with Crippen LogP contribution in [0.15, 0.2) is 60.9 Å². The number of amides is 1. The van der Waals surface area contributed by atoms with Crippen LogP contribution >= 0.6 is 0 Å². The molecule has 4 rings (SSSR count). The van der Waals surface area contributed by atoms with Crippen molar-refractivity contribution in [2.24, 2.45) is 5.73 Å². The summed E-state index contributed by atoms with van der Waals surface area (Å²) in [6, 6.07) is 16.1. The van der Waals surface area contributed by atoms with E-state index in [4.69, 9.17) is 5.73 Å². The predicted octanol–water partition coefficient (Wildman–Crippen LogP) is 3.50. The number of hydrogen-bond donors (Lipinski definition) is 2. The molecule has 3 aromatic rings. The molecule has 1 saturated heterocycles. The zero-order valence-electron chi connectivity index (χ0n) is 16.5. The van der Waals surface area contributed by atoms with E-state index in [1.54, 1.807) is 0 Å². The fourth-order valence-electron chi connectivity index (χ4n) is 3.68. The maximum absolute atomic E-state index is 12.1. The highest BCUT2D eigenvalue weighted by Crippen LogP contribution is 2.28. The number of nitrogens with zero attached hydrogens (tertiary/aromatic N) is 3. The first kappa shape index (κ1) is 18.9. The van der Waals surface area contributed by atoms with E-state index < -0.39 is 5.91 Å². The zero-order chi connectivity index (χ0) is 20.2. The third-order valence-corrected chi connectivity index (χ3v) is 5.31. The second-order valence-corrected chi connectivity index (χ2v) is 7.31. The Hall–Kier alpha value is -3.41. The Labute approximate surface area is 170 Å². The number of carbonyl (C=O) groups is 1. The smallest absolute Gasteiger partial charge is 0.252 e. The van der Waals surface area contributed by atoms with Gasteiger partial charge in [0.1, 0.15) is 11.6 Å². The summed E-state index contributed by atoms with van der Waals surface area (Å²) in [5.74, 6) is 1.06. The summed E-state index contributed by atoms with van der Waals surface area (Å²) in [6.07, 6.45) is 5.63. The van der Waals surface area contributed by atoms with E-state index in [0.29, 0.717) is 11.4 Å². The molecule has 6 heteroatoms. The van der Waals surface area contributed by atoms with Gasteiger partial charge in [-0.05, 0) is 36.1 Å².